The lowest BCUT2D eigenvalue weighted by molar-refractivity contribution is -0.145. The Morgan fingerprint density at radius 1 is 1.33 bits per heavy atom. The van der Waals surface area contributed by atoms with Crippen LogP contribution in [0.15, 0.2) is 24.3 Å². The fourth-order valence-corrected chi connectivity index (χ4v) is 3.15. The molecule has 0 radical (unpaired) electrons. The second kappa shape index (κ2) is 6.99. The zero-order chi connectivity index (χ0) is 18.0. The van der Waals surface area contributed by atoms with Crippen molar-refractivity contribution in [3.63, 3.8) is 0 Å². The van der Waals surface area contributed by atoms with Crippen molar-refractivity contribution >= 4 is 5.91 Å². The van der Waals surface area contributed by atoms with Gasteiger partial charge < -0.3 is 24.4 Å². The molecule has 0 aromatic heterocycles. The number of hydrogen-bond donors (Lipinski definition) is 1. The number of rotatable bonds is 6. The number of carbonyl (C=O) groups excluding carboxylic acids is 1. The van der Waals surface area contributed by atoms with E-state index >= 15 is 0 Å². The van der Waals surface area contributed by atoms with Gasteiger partial charge in [-0.3, -0.25) is 4.79 Å². The maximum atomic E-state index is 12.9. The molecule has 1 aliphatic heterocycles. The minimum atomic E-state index is -1.04. The highest BCUT2D eigenvalue weighted by Crippen LogP contribution is 2.31. The van der Waals surface area contributed by atoms with Crippen molar-refractivity contribution in [2.24, 2.45) is 0 Å². The summed E-state index contributed by atoms with van der Waals surface area (Å²) < 4.78 is 11.2. The topological polar surface area (TPSA) is 62.2 Å². The zero-order valence-corrected chi connectivity index (χ0v) is 15.2. The Morgan fingerprint density at radius 2 is 1.96 bits per heavy atom. The molecular weight excluding hydrogens is 308 g/mol. The van der Waals surface area contributed by atoms with Crippen LogP contribution in [0.5, 0.6) is 11.5 Å². The number of β-amino-alcohol motifs (C(OH)–C–C–N with tert-alkyl or cyclic N) is 1. The zero-order valence-electron chi connectivity index (χ0n) is 15.2. The predicted octanol–water partition coefficient (Wildman–Crippen LogP) is 1.38. The Kier molecular flexibility index (Phi) is 5.40. The third-order valence-corrected chi connectivity index (χ3v) is 4.18. The molecule has 1 N–H and O–H groups in total. The number of carbonyl (C=O) groups is 1. The number of likely N-dealkylation sites (tertiary alicyclic amines) is 1. The number of ether oxygens (including phenoxy) is 2. The molecule has 1 fully saturated rings. The monoisotopic (exact) mass is 336 g/mol. The Bertz CT molecular complexity index is 588. The highest BCUT2D eigenvalue weighted by Gasteiger charge is 2.43. The molecule has 6 heteroatoms. The highest BCUT2D eigenvalue weighted by molar-refractivity contribution is 5.85. The fraction of sp³-hybridized carbons (Fsp3) is 0.611. The van der Waals surface area contributed by atoms with Crippen LogP contribution in [-0.2, 0) is 4.79 Å². The van der Waals surface area contributed by atoms with E-state index in [0.29, 0.717) is 37.6 Å². The first-order valence-corrected chi connectivity index (χ1v) is 8.15. The van der Waals surface area contributed by atoms with E-state index in [2.05, 4.69) is 0 Å². The van der Waals surface area contributed by atoms with Gasteiger partial charge in [-0.05, 0) is 46.5 Å². The van der Waals surface area contributed by atoms with E-state index < -0.39 is 11.2 Å². The normalized spacial score (nSPS) is 21.2. The standard InChI is InChI=1S/C18H28N2O4/c1-17(2,24-15-9-7-6-8-14(15)23-5)16(21)20-11-10-18(22,13-20)12-19(3)4/h6-9,22H,10-13H2,1-5H3. The number of hydrogen-bond acceptors (Lipinski definition) is 5. The minimum Gasteiger partial charge on any atom is -0.493 e. The van der Waals surface area contributed by atoms with Gasteiger partial charge in [-0.2, -0.15) is 0 Å². The van der Waals surface area contributed by atoms with Gasteiger partial charge in [0.25, 0.3) is 5.91 Å². The average molecular weight is 336 g/mol. The summed E-state index contributed by atoms with van der Waals surface area (Å²) >= 11 is 0. The van der Waals surface area contributed by atoms with Gasteiger partial charge in [0.1, 0.15) is 0 Å². The van der Waals surface area contributed by atoms with E-state index in [1.54, 1.807) is 38.0 Å². The third kappa shape index (κ3) is 4.19. The molecule has 1 aromatic rings. The van der Waals surface area contributed by atoms with Crippen LogP contribution in [0.4, 0.5) is 0 Å². The summed E-state index contributed by atoms with van der Waals surface area (Å²) in [7, 11) is 5.40. The summed E-state index contributed by atoms with van der Waals surface area (Å²) in [4.78, 5) is 16.5. The summed E-state index contributed by atoms with van der Waals surface area (Å²) in [5.74, 6) is 0.980. The van der Waals surface area contributed by atoms with Crippen molar-refractivity contribution in [1.82, 2.24) is 9.80 Å². The first-order chi connectivity index (χ1) is 11.2. The molecule has 1 amide bonds. The third-order valence-electron chi connectivity index (χ3n) is 4.18. The molecule has 6 nitrogen and oxygen atoms in total. The first kappa shape index (κ1) is 18.5. The molecule has 0 bridgehead atoms. The number of nitrogens with zero attached hydrogens (tertiary/aromatic N) is 2. The maximum absolute atomic E-state index is 12.9. The lowest BCUT2D eigenvalue weighted by atomic mass is 10.0. The van der Waals surface area contributed by atoms with Gasteiger partial charge >= 0.3 is 0 Å². The molecule has 0 spiro atoms. The minimum absolute atomic E-state index is 0.136. The van der Waals surface area contributed by atoms with E-state index in [-0.39, 0.29) is 5.91 Å². The number of benzene rings is 1. The van der Waals surface area contributed by atoms with Crippen LogP contribution in [0.1, 0.15) is 20.3 Å². The summed E-state index contributed by atoms with van der Waals surface area (Å²) in [5, 5.41) is 10.6. The van der Waals surface area contributed by atoms with Crippen LogP contribution in [0, 0.1) is 0 Å². The van der Waals surface area contributed by atoms with E-state index in [4.69, 9.17) is 9.47 Å². The van der Waals surface area contributed by atoms with Crippen LogP contribution in [0.2, 0.25) is 0 Å². The van der Waals surface area contributed by atoms with Crippen molar-refractivity contribution in [3.8, 4) is 11.5 Å². The highest BCUT2D eigenvalue weighted by atomic mass is 16.5. The van der Waals surface area contributed by atoms with E-state index in [1.807, 2.05) is 31.1 Å². The van der Waals surface area contributed by atoms with E-state index in [9.17, 15) is 9.90 Å². The molecule has 134 valence electrons. The van der Waals surface area contributed by atoms with E-state index in [1.165, 1.54) is 0 Å². The smallest absolute Gasteiger partial charge is 0.266 e. The molecule has 1 atom stereocenters. The molecule has 1 heterocycles. The molecular formula is C18H28N2O4. The summed E-state index contributed by atoms with van der Waals surface area (Å²) in [6, 6.07) is 7.26. The molecule has 0 aliphatic carbocycles. The number of likely N-dealkylation sites (N-methyl/N-ethyl adjacent to an activating group) is 1. The number of para-hydroxylation sites is 2. The fourth-order valence-electron chi connectivity index (χ4n) is 3.15. The van der Waals surface area contributed by atoms with Crippen molar-refractivity contribution < 1.29 is 19.4 Å². The number of methoxy groups -OCH3 is 1. The Hall–Kier alpha value is -1.79. The van der Waals surface area contributed by atoms with Crippen LogP contribution in [-0.4, -0.2) is 72.9 Å². The SMILES string of the molecule is COc1ccccc1OC(C)(C)C(=O)N1CCC(O)(CN(C)C)C1. The lowest BCUT2D eigenvalue weighted by Crippen LogP contribution is -2.50. The van der Waals surface area contributed by atoms with Gasteiger partial charge in [0, 0.05) is 13.1 Å². The van der Waals surface area contributed by atoms with Gasteiger partial charge in [-0.25, -0.2) is 0 Å². The molecule has 1 aromatic carbocycles. The van der Waals surface area contributed by atoms with Gasteiger partial charge in [-0.1, -0.05) is 12.1 Å². The van der Waals surface area contributed by atoms with Crippen molar-refractivity contribution in [2.45, 2.75) is 31.5 Å². The molecule has 1 saturated heterocycles. The molecule has 0 saturated carbocycles. The van der Waals surface area contributed by atoms with E-state index in [0.717, 1.165) is 0 Å². The summed E-state index contributed by atoms with van der Waals surface area (Å²) in [6.07, 6.45) is 0.571. The lowest BCUT2D eigenvalue weighted by Gasteiger charge is -2.32. The molecule has 24 heavy (non-hydrogen) atoms. The Morgan fingerprint density at radius 3 is 2.54 bits per heavy atom. The molecule has 1 unspecified atom stereocenters. The van der Waals surface area contributed by atoms with Crippen LogP contribution < -0.4 is 9.47 Å². The first-order valence-electron chi connectivity index (χ1n) is 8.15. The van der Waals surface area contributed by atoms with Gasteiger partial charge in [0.05, 0.1) is 19.3 Å². The predicted molar refractivity (Wildman–Crippen MR) is 92.4 cm³/mol. The average Bonchev–Trinajstić information content (AvgIpc) is 2.87. The number of aliphatic hydroxyl groups is 1. The summed E-state index contributed by atoms with van der Waals surface area (Å²) in [5.41, 5.74) is -1.91. The number of amides is 1. The van der Waals surface area contributed by atoms with Crippen LogP contribution in [0.25, 0.3) is 0 Å². The Labute approximate surface area is 144 Å². The largest absolute Gasteiger partial charge is 0.493 e. The van der Waals surface area contributed by atoms with Gasteiger partial charge in [0.15, 0.2) is 17.1 Å². The van der Waals surface area contributed by atoms with Crippen molar-refractivity contribution in [1.29, 1.82) is 0 Å². The van der Waals surface area contributed by atoms with Crippen LogP contribution in [0.3, 0.4) is 0 Å². The molecule has 2 rings (SSSR count). The quantitative estimate of drug-likeness (QED) is 0.850. The van der Waals surface area contributed by atoms with Crippen molar-refractivity contribution in [2.75, 3.05) is 40.8 Å². The maximum Gasteiger partial charge on any atom is 0.266 e. The van der Waals surface area contributed by atoms with Crippen molar-refractivity contribution in [3.05, 3.63) is 24.3 Å². The second-order valence-corrected chi connectivity index (χ2v) is 7.20. The summed E-state index contributed by atoms with van der Waals surface area (Å²) in [6.45, 7) is 4.87. The molecule has 1 aliphatic rings. The van der Waals surface area contributed by atoms with Crippen LogP contribution >= 0.6 is 0 Å². The Balaban J connectivity index is 2.08. The van der Waals surface area contributed by atoms with Gasteiger partial charge in [-0.15, -0.1) is 0 Å². The second-order valence-electron chi connectivity index (χ2n) is 7.20. The van der Waals surface area contributed by atoms with Gasteiger partial charge in [0.2, 0.25) is 0 Å².